The molecule has 1 aliphatic rings. The van der Waals surface area contributed by atoms with Gasteiger partial charge in [0.25, 0.3) is 0 Å². The number of rotatable bonds is 4. The lowest BCUT2D eigenvalue weighted by Gasteiger charge is -2.29. The van der Waals surface area contributed by atoms with Crippen LogP contribution in [-0.4, -0.2) is 18.7 Å². The monoisotopic (exact) mass is 205 g/mol. The summed E-state index contributed by atoms with van der Waals surface area (Å²) in [5.74, 6) is 0.688. The van der Waals surface area contributed by atoms with E-state index < -0.39 is 0 Å². The van der Waals surface area contributed by atoms with Crippen LogP contribution in [0.2, 0.25) is 0 Å². The van der Waals surface area contributed by atoms with Gasteiger partial charge in [-0.25, -0.2) is 0 Å². The maximum Gasteiger partial charge on any atom is 0.0917 e. The number of hydrogen-bond donors (Lipinski definition) is 2. The highest BCUT2D eigenvalue weighted by atomic mass is 16.3. The molecule has 1 aromatic carbocycles. The number of aliphatic hydroxyl groups excluding tert-OH is 1. The van der Waals surface area contributed by atoms with Gasteiger partial charge in [-0.3, -0.25) is 0 Å². The second-order valence-corrected chi connectivity index (χ2v) is 4.33. The molecule has 1 unspecified atom stereocenters. The van der Waals surface area contributed by atoms with Gasteiger partial charge < -0.3 is 10.4 Å². The summed E-state index contributed by atoms with van der Waals surface area (Å²) in [6, 6.07) is 8.30. The third-order valence-electron chi connectivity index (χ3n) is 3.30. The first-order chi connectivity index (χ1) is 7.33. The molecule has 82 valence electrons. The van der Waals surface area contributed by atoms with Crippen molar-refractivity contribution in [2.45, 2.75) is 31.3 Å². The molecule has 0 aromatic heterocycles. The maximum absolute atomic E-state index is 10.0. The normalized spacial score (nSPS) is 18.5. The summed E-state index contributed by atoms with van der Waals surface area (Å²) in [4.78, 5) is 0. The van der Waals surface area contributed by atoms with Crippen LogP contribution in [0, 0.1) is 0 Å². The van der Waals surface area contributed by atoms with Crippen LogP contribution in [0.15, 0.2) is 24.3 Å². The van der Waals surface area contributed by atoms with Crippen molar-refractivity contribution in [1.82, 2.24) is 5.32 Å². The molecule has 1 saturated carbocycles. The predicted molar refractivity (Wildman–Crippen MR) is 61.9 cm³/mol. The second kappa shape index (κ2) is 4.77. The molecule has 0 saturated heterocycles. The largest absolute Gasteiger partial charge is 0.387 e. The van der Waals surface area contributed by atoms with Gasteiger partial charge in [-0.1, -0.05) is 30.7 Å². The molecular weight excluding hydrogens is 186 g/mol. The Morgan fingerprint density at radius 3 is 2.73 bits per heavy atom. The van der Waals surface area contributed by atoms with Crippen molar-refractivity contribution in [1.29, 1.82) is 0 Å². The zero-order chi connectivity index (χ0) is 10.7. The molecule has 0 radical (unpaired) electrons. The van der Waals surface area contributed by atoms with E-state index in [1.165, 1.54) is 24.8 Å². The minimum absolute atomic E-state index is 0.369. The van der Waals surface area contributed by atoms with Gasteiger partial charge in [0.1, 0.15) is 0 Å². The van der Waals surface area contributed by atoms with Crippen molar-refractivity contribution in [3.05, 3.63) is 35.4 Å². The Labute approximate surface area is 91.3 Å². The molecule has 0 amide bonds. The molecule has 1 atom stereocenters. The lowest BCUT2D eigenvalue weighted by Crippen LogP contribution is -2.20. The topological polar surface area (TPSA) is 32.3 Å². The fraction of sp³-hybridized carbons (Fsp3) is 0.538. The SMILES string of the molecule is CNCC(O)c1ccccc1C1CCC1. The minimum Gasteiger partial charge on any atom is -0.387 e. The molecule has 1 aromatic rings. The molecule has 2 nitrogen and oxygen atoms in total. The van der Waals surface area contributed by atoms with Crippen LogP contribution in [0.25, 0.3) is 0 Å². The van der Waals surface area contributed by atoms with Crippen LogP contribution >= 0.6 is 0 Å². The first-order valence-electron chi connectivity index (χ1n) is 5.74. The van der Waals surface area contributed by atoms with Gasteiger partial charge in [0, 0.05) is 6.54 Å². The molecule has 2 rings (SSSR count). The number of hydrogen-bond acceptors (Lipinski definition) is 2. The predicted octanol–water partition coefficient (Wildman–Crippen LogP) is 2.21. The van der Waals surface area contributed by atoms with E-state index in [0.29, 0.717) is 12.5 Å². The number of aliphatic hydroxyl groups is 1. The van der Waals surface area contributed by atoms with E-state index in [-0.39, 0.29) is 6.10 Å². The molecule has 15 heavy (non-hydrogen) atoms. The maximum atomic E-state index is 10.0. The van der Waals surface area contributed by atoms with Crippen LogP contribution in [0.3, 0.4) is 0 Å². The number of nitrogens with one attached hydrogen (secondary N) is 1. The Hall–Kier alpha value is -0.860. The van der Waals surface area contributed by atoms with Gasteiger partial charge in [-0.15, -0.1) is 0 Å². The summed E-state index contributed by atoms with van der Waals surface area (Å²) in [5, 5.41) is 13.0. The summed E-state index contributed by atoms with van der Waals surface area (Å²) in [5.41, 5.74) is 2.46. The van der Waals surface area contributed by atoms with Crippen LogP contribution in [0.5, 0.6) is 0 Å². The van der Waals surface area contributed by atoms with Crippen molar-refractivity contribution in [2.75, 3.05) is 13.6 Å². The van der Waals surface area contributed by atoms with Crippen LogP contribution < -0.4 is 5.32 Å². The molecule has 0 aliphatic heterocycles. The molecular formula is C13H19NO. The van der Waals surface area contributed by atoms with Gasteiger partial charge in [0.05, 0.1) is 6.10 Å². The average Bonchev–Trinajstić information content (AvgIpc) is 2.16. The second-order valence-electron chi connectivity index (χ2n) is 4.33. The van der Waals surface area contributed by atoms with Gasteiger partial charge >= 0.3 is 0 Å². The Morgan fingerprint density at radius 1 is 1.40 bits per heavy atom. The van der Waals surface area contributed by atoms with Crippen molar-refractivity contribution < 1.29 is 5.11 Å². The van der Waals surface area contributed by atoms with Gasteiger partial charge in [-0.05, 0) is 36.9 Å². The van der Waals surface area contributed by atoms with Gasteiger partial charge in [0.2, 0.25) is 0 Å². The van der Waals surface area contributed by atoms with E-state index in [1.54, 1.807) is 0 Å². The zero-order valence-electron chi connectivity index (χ0n) is 9.24. The van der Waals surface area contributed by atoms with E-state index in [2.05, 4.69) is 23.5 Å². The summed E-state index contributed by atoms with van der Waals surface area (Å²) >= 11 is 0. The van der Waals surface area contributed by atoms with Crippen molar-refractivity contribution in [3.8, 4) is 0 Å². The quantitative estimate of drug-likeness (QED) is 0.790. The average molecular weight is 205 g/mol. The Morgan fingerprint density at radius 2 is 2.13 bits per heavy atom. The molecule has 2 heteroatoms. The Balaban J connectivity index is 2.20. The molecule has 1 aliphatic carbocycles. The third-order valence-corrected chi connectivity index (χ3v) is 3.30. The fourth-order valence-corrected chi connectivity index (χ4v) is 2.21. The summed E-state index contributed by atoms with van der Waals surface area (Å²) in [7, 11) is 1.87. The van der Waals surface area contributed by atoms with Gasteiger partial charge in [-0.2, -0.15) is 0 Å². The molecule has 2 N–H and O–H groups in total. The zero-order valence-corrected chi connectivity index (χ0v) is 9.24. The van der Waals surface area contributed by atoms with E-state index in [0.717, 1.165) is 5.56 Å². The lowest BCUT2D eigenvalue weighted by atomic mass is 9.77. The Kier molecular flexibility index (Phi) is 3.39. The molecule has 1 fully saturated rings. The van der Waals surface area contributed by atoms with Crippen molar-refractivity contribution >= 4 is 0 Å². The highest BCUT2D eigenvalue weighted by molar-refractivity contribution is 5.33. The fourth-order valence-electron chi connectivity index (χ4n) is 2.21. The van der Waals surface area contributed by atoms with Crippen molar-refractivity contribution in [2.24, 2.45) is 0 Å². The molecule has 0 spiro atoms. The highest BCUT2D eigenvalue weighted by Gasteiger charge is 2.23. The Bertz CT molecular complexity index is 320. The molecule has 0 heterocycles. The number of likely N-dealkylation sites (N-methyl/N-ethyl adjacent to an activating group) is 1. The first-order valence-corrected chi connectivity index (χ1v) is 5.74. The first kappa shape index (κ1) is 10.7. The lowest BCUT2D eigenvalue weighted by molar-refractivity contribution is 0.175. The number of benzene rings is 1. The minimum atomic E-state index is -0.369. The van der Waals surface area contributed by atoms with E-state index in [9.17, 15) is 5.11 Å². The summed E-state index contributed by atoms with van der Waals surface area (Å²) < 4.78 is 0. The van der Waals surface area contributed by atoms with Gasteiger partial charge in [0.15, 0.2) is 0 Å². The standard InChI is InChI=1S/C13H19NO/c1-14-9-13(15)12-8-3-2-7-11(12)10-5-4-6-10/h2-3,7-8,10,13-15H,4-6,9H2,1H3. The van der Waals surface area contributed by atoms with Crippen LogP contribution in [-0.2, 0) is 0 Å². The third kappa shape index (κ3) is 2.21. The summed E-state index contributed by atoms with van der Waals surface area (Å²) in [6.45, 7) is 0.629. The summed E-state index contributed by atoms with van der Waals surface area (Å²) in [6.07, 6.45) is 3.53. The van der Waals surface area contributed by atoms with E-state index >= 15 is 0 Å². The van der Waals surface area contributed by atoms with E-state index in [4.69, 9.17) is 0 Å². The van der Waals surface area contributed by atoms with Crippen LogP contribution in [0.1, 0.15) is 42.4 Å². The van der Waals surface area contributed by atoms with Crippen molar-refractivity contribution in [3.63, 3.8) is 0 Å². The smallest absolute Gasteiger partial charge is 0.0917 e. The highest BCUT2D eigenvalue weighted by Crippen LogP contribution is 2.39. The molecule has 0 bridgehead atoms. The van der Waals surface area contributed by atoms with E-state index in [1.807, 2.05) is 13.1 Å². The van der Waals surface area contributed by atoms with Crippen LogP contribution in [0.4, 0.5) is 0 Å².